The Balaban J connectivity index is 4.08. The second kappa shape index (κ2) is 10.5. The predicted molar refractivity (Wildman–Crippen MR) is 78.4 cm³/mol. The van der Waals surface area contributed by atoms with Crippen LogP contribution in [0.4, 0.5) is 0 Å². The minimum absolute atomic E-state index is 0.717. The van der Waals surface area contributed by atoms with Crippen LogP contribution in [0.25, 0.3) is 0 Å². The number of hydrogen-bond acceptors (Lipinski definition) is 2. The third kappa shape index (κ3) is 6.80. The van der Waals surface area contributed by atoms with E-state index >= 15 is 0 Å². The third-order valence-electron chi connectivity index (χ3n) is 3.21. The summed E-state index contributed by atoms with van der Waals surface area (Å²) in [6, 6.07) is 0.717. The molecule has 0 saturated heterocycles. The van der Waals surface area contributed by atoms with Crippen molar-refractivity contribution in [1.29, 1.82) is 0 Å². The van der Waals surface area contributed by atoms with Crippen molar-refractivity contribution < 1.29 is 0 Å². The normalized spacial score (nSPS) is 17.1. The molecule has 3 unspecified atom stereocenters. The molecular weight excluding hydrogens is 214 g/mol. The Hall–Kier alpha value is 0.310. The van der Waals surface area contributed by atoms with Crippen molar-refractivity contribution in [3.63, 3.8) is 0 Å². The van der Waals surface area contributed by atoms with Crippen molar-refractivity contribution in [2.24, 2.45) is 5.92 Å². The van der Waals surface area contributed by atoms with E-state index in [4.69, 9.17) is 0 Å². The van der Waals surface area contributed by atoms with Gasteiger partial charge in [-0.3, -0.25) is 0 Å². The van der Waals surface area contributed by atoms with Crippen molar-refractivity contribution >= 4 is 11.8 Å². The fourth-order valence-electron chi connectivity index (χ4n) is 1.92. The molecule has 0 amide bonds. The smallest absolute Gasteiger partial charge is 0.0198 e. The van der Waals surface area contributed by atoms with Gasteiger partial charge in [0.2, 0.25) is 0 Å². The first-order chi connectivity index (χ1) is 7.69. The molecule has 98 valence electrons. The van der Waals surface area contributed by atoms with E-state index in [-0.39, 0.29) is 0 Å². The van der Waals surface area contributed by atoms with E-state index < -0.39 is 0 Å². The van der Waals surface area contributed by atoms with Gasteiger partial charge in [-0.1, -0.05) is 47.5 Å². The molecule has 0 aliphatic rings. The number of hydrogen-bond donors (Lipinski definition) is 1. The van der Waals surface area contributed by atoms with Gasteiger partial charge < -0.3 is 5.32 Å². The minimum Gasteiger partial charge on any atom is -0.313 e. The van der Waals surface area contributed by atoms with E-state index in [0.717, 1.165) is 17.7 Å². The molecule has 0 fully saturated rings. The van der Waals surface area contributed by atoms with Gasteiger partial charge in [0.15, 0.2) is 0 Å². The summed E-state index contributed by atoms with van der Waals surface area (Å²) in [5.74, 6) is 2.18. The maximum absolute atomic E-state index is 3.66. The van der Waals surface area contributed by atoms with Crippen molar-refractivity contribution in [3.8, 4) is 0 Å². The Morgan fingerprint density at radius 3 is 2.19 bits per heavy atom. The molecule has 0 aromatic heterocycles. The Morgan fingerprint density at radius 2 is 1.75 bits per heavy atom. The van der Waals surface area contributed by atoms with Crippen LogP contribution in [0.15, 0.2) is 0 Å². The fourth-order valence-corrected chi connectivity index (χ4v) is 3.43. The Morgan fingerprint density at radius 1 is 1.06 bits per heavy atom. The largest absolute Gasteiger partial charge is 0.313 e. The van der Waals surface area contributed by atoms with Gasteiger partial charge in [-0.2, -0.15) is 11.8 Å². The molecule has 1 N–H and O–H groups in total. The first-order valence-corrected chi connectivity index (χ1v) is 8.09. The molecule has 0 bridgehead atoms. The van der Waals surface area contributed by atoms with E-state index in [1.807, 2.05) is 0 Å². The molecule has 0 aliphatic heterocycles. The summed E-state index contributed by atoms with van der Waals surface area (Å²) < 4.78 is 0. The van der Waals surface area contributed by atoms with Crippen LogP contribution >= 0.6 is 11.8 Å². The summed E-state index contributed by atoms with van der Waals surface area (Å²) in [4.78, 5) is 0. The summed E-state index contributed by atoms with van der Waals surface area (Å²) in [6.45, 7) is 12.6. The van der Waals surface area contributed by atoms with E-state index in [1.54, 1.807) is 0 Å². The lowest BCUT2D eigenvalue weighted by atomic mass is 10.1. The maximum Gasteiger partial charge on any atom is 0.0198 e. The van der Waals surface area contributed by atoms with E-state index in [1.165, 1.54) is 31.4 Å². The molecular formula is C14H31NS. The number of rotatable bonds is 10. The highest BCUT2D eigenvalue weighted by atomic mass is 32.2. The zero-order valence-electron chi connectivity index (χ0n) is 11.9. The van der Waals surface area contributed by atoms with Crippen LogP contribution in [0.2, 0.25) is 0 Å². The highest BCUT2D eigenvalue weighted by Crippen LogP contribution is 2.24. The molecule has 0 rings (SSSR count). The predicted octanol–water partition coefficient (Wildman–Crippen LogP) is 4.32. The van der Waals surface area contributed by atoms with Crippen LogP contribution < -0.4 is 5.32 Å². The molecule has 0 radical (unpaired) electrons. The molecule has 0 aliphatic carbocycles. The zero-order valence-corrected chi connectivity index (χ0v) is 12.7. The lowest BCUT2D eigenvalue weighted by Crippen LogP contribution is -2.38. The summed E-state index contributed by atoms with van der Waals surface area (Å²) in [5, 5.41) is 4.46. The molecule has 0 aromatic rings. The fraction of sp³-hybridized carbons (Fsp3) is 1.00. The molecule has 1 nitrogen and oxygen atoms in total. The quantitative estimate of drug-likeness (QED) is 0.615. The van der Waals surface area contributed by atoms with E-state index in [2.05, 4.69) is 51.7 Å². The molecule has 16 heavy (non-hydrogen) atoms. The van der Waals surface area contributed by atoms with Gasteiger partial charge >= 0.3 is 0 Å². The maximum atomic E-state index is 3.66. The summed E-state index contributed by atoms with van der Waals surface area (Å²) in [7, 11) is 0. The van der Waals surface area contributed by atoms with Gasteiger partial charge in [0.1, 0.15) is 0 Å². The molecule has 0 spiro atoms. The van der Waals surface area contributed by atoms with Crippen molar-refractivity contribution in [2.75, 3.05) is 12.3 Å². The van der Waals surface area contributed by atoms with Crippen LogP contribution in [0.3, 0.4) is 0 Å². The number of nitrogens with one attached hydrogen (secondary N) is 1. The van der Waals surface area contributed by atoms with Crippen molar-refractivity contribution in [3.05, 3.63) is 0 Å². The highest BCUT2D eigenvalue weighted by Gasteiger charge is 2.19. The lowest BCUT2D eigenvalue weighted by molar-refractivity contribution is 0.464. The topological polar surface area (TPSA) is 12.0 Å². The SMILES string of the molecule is CCCC(NCC)C(CC)SCC(C)CC. The molecule has 0 aromatic carbocycles. The van der Waals surface area contributed by atoms with Crippen LogP contribution in [0, 0.1) is 5.92 Å². The summed E-state index contributed by atoms with van der Waals surface area (Å²) in [5.41, 5.74) is 0. The number of thioether (sulfide) groups is 1. The van der Waals surface area contributed by atoms with Crippen LogP contribution in [0.1, 0.15) is 60.3 Å². The highest BCUT2D eigenvalue weighted by molar-refractivity contribution is 7.99. The van der Waals surface area contributed by atoms with Crippen molar-refractivity contribution in [1.82, 2.24) is 5.32 Å². The summed E-state index contributed by atoms with van der Waals surface area (Å²) in [6.07, 6.45) is 5.21. The minimum atomic E-state index is 0.717. The van der Waals surface area contributed by atoms with Crippen LogP contribution in [-0.4, -0.2) is 23.6 Å². The van der Waals surface area contributed by atoms with E-state index in [0.29, 0.717) is 6.04 Å². The van der Waals surface area contributed by atoms with Gasteiger partial charge in [-0.05, 0) is 31.1 Å². The Bertz CT molecular complexity index is 144. The Kier molecular flexibility index (Phi) is 10.7. The van der Waals surface area contributed by atoms with Crippen molar-refractivity contribution in [2.45, 2.75) is 71.6 Å². The third-order valence-corrected chi connectivity index (χ3v) is 5.06. The van der Waals surface area contributed by atoms with Gasteiger partial charge in [-0.25, -0.2) is 0 Å². The second-order valence-electron chi connectivity index (χ2n) is 4.75. The molecule has 0 saturated carbocycles. The van der Waals surface area contributed by atoms with E-state index in [9.17, 15) is 0 Å². The van der Waals surface area contributed by atoms with Gasteiger partial charge in [0, 0.05) is 11.3 Å². The van der Waals surface area contributed by atoms with Crippen LogP contribution in [0.5, 0.6) is 0 Å². The van der Waals surface area contributed by atoms with Gasteiger partial charge in [0.05, 0.1) is 0 Å². The molecule has 3 atom stereocenters. The summed E-state index contributed by atoms with van der Waals surface area (Å²) >= 11 is 2.18. The average Bonchev–Trinajstić information content (AvgIpc) is 2.30. The first-order valence-electron chi connectivity index (χ1n) is 7.04. The standard InChI is InChI=1S/C14H31NS/c1-6-10-13(15-9-4)14(8-3)16-11-12(5)7-2/h12-15H,6-11H2,1-5H3. The lowest BCUT2D eigenvalue weighted by Gasteiger charge is -2.27. The van der Waals surface area contributed by atoms with Crippen LogP contribution in [-0.2, 0) is 0 Å². The second-order valence-corrected chi connectivity index (χ2v) is 6.02. The molecule has 0 heterocycles. The Labute approximate surface area is 107 Å². The average molecular weight is 245 g/mol. The van der Waals surface area contributed by atoms with Gasteiger partial charge in [-0.15, -0.1) is 0 Å². The zero-order chi connectivity index (χ0) is 12.4. The first kappa shape index (κ1) is 16.3. The monoisotopic (exact) mass is 245 g/mol. The molecule has 2 heteroatoms. The van der Waals surface area contributed by atoms with Gasteiger partial charge in [0.25, 0.3) is 0 Å².